The number of rotatable bonds is 0. The number of benzene rings is 1. The van der Waals surface area contributed by atoms with Crippen LogP contribution >= 0.6 is 0 Å². The van der Waals surface area contributed by atoms with E-state index in [9.17, 15) is 14.4 Å². The molecule has 0 aliphatic carbocycles. The minimum atomic E-state index is -1.59. The fourth-order valence-corrected chi connectivity index (χ4v) is 2.06. The molecule has 4 amide bonds. The molecule has 6 heteroatoms. The van der Waals surface area contributed by atoms with Crippen LogP contribution in [-0.2, 0) is 15.1 Å². The Hall–Kier alpha value is -2.37. The zero-order valence-electron chi connectivity index (χ0n) is 8.03. The summed E-state index contributed by atoms with van der Waals surface area (Å²) in [4.78, 5) is 34.7. The van der Waals surface area contributed by atoms with E-state index in [2.05, 4.69) is 16.0 Å². The molecule has 1 unspecified atom stereocenters. The van der Waals surface area contributed by atoms with Gasteiger partial charge in [-0.25, -0.2) is 4.79 Å². The molecule has 2 aliphatic heterocycles. The average molecular weight is 217 g/mol. The van der Waals surface area contributed by atoms with Crippen LogP contribution in [0.3, 0.4) is 0 Å². The van der Waals surface area contributed by atoms with Gasteiger partial charge in [0.25, 0.3) is 11.8 Å². The molecular weight excluding hydrogens is 210 g/mol. The molecular formula is C10H7N3O3. The van der Waals surface area contributed by atoms with Crippen molar-refractivity contribution in [2.45, 2.75) is 5.54 Å². The highest BCUT2D eigenvalue weighted by Crippen LogP contribution is 2.37. The molecule has 3 N–H and O–H groups in total. The SMILES string of the molecule is O=C1NC(=O)C2(N1)C(=O)Nc1ccccc12. The predicted octanol–water partition coefficient (Wildman–Crippen LogP) is -0.327. The third kappa shape index (κ3) is 0.837. The van der Waals surface area contributed by atoms with Crippen molar-refractivity contribution in [1.82, 2.24) is 10.6 Å². The van der Waals surface area contributed by atoms with E-state index < -0.39 is 23.4 Å². The number of anilines is 1. The highest BCUT2D eigenvalue weighted by molar-refractivity contribution is 6.26. The summed E-state index contributed by atoms with van der Waals surface area (Å²) in [6.45, 7) is 0. The highest BCUT2D eigenvalue weighted by atomic mass is 16.2. The van der Waals surface area contributed by atoms with Gasteiger partial charge in [0, 0.05) is 11.3 Å². The number of imide groups is 1. The zero-order valence-corrected chi connectivity index (χ0v) is 8.03. The first-order chi connectivity index (χ1) is 7.64. The van der Waals surface area contributed by atoms with E-state index in [-0.39, 0.29) is 0 Å². The molecule has 6 nitrogen and oxygen atoms in total. The maximum atomic E-state index is 11.8. The topological polar surface area (TPSA) is 87.3 Å². The molecule has 1 saturated heterocycles. The molecule has 80 valence electrons. The summed E-state index contributed by atoms with van der Waals surface area (Å²) in [5.41, 5.74) is -0.568. The summed E-state index contributed by atoms with van der Waals surface area (Å²) in [5.74, 6) is -1.17. The van der Waals surface area contributed by atoms with Crippen molar-refractivity contribution in [2.24, 2.45) is 0 Å². The van der Waals surface area contributed by atoms with Crippen LogP contribution in [0.5, 0.6) is 0 Å². The van der Waals surface area contributed by atoms with Gasteiger partial charge >= 0.3 is 6.03 Å². The van der Waals surface area contributed by atoms with Gasteiger partial charge in [-0.05, 0) is 6.07 Å². The fraction of sp³-hybridized carbons (Fsp3) is 0.100. The van der Waals surface area contributed by atoms with Crippen molar-refractivity contribution in [1.29, 1.82) is 0 Å². The molecule has 2 aliphatic rings. The second kappa shape index (κ2) is 2.60. The Kier molecular flexibility index (Phi) is 1.45. The number of carbonyl (C=O) groups excluding carboxylic acids is 3. The van der Waals surface area contributed by atoms with E-state index >= 15 is 0 Å². The lowest BCUT2D eigenvalue weighted by molar-refractivity contribution is -0.132. The second-order valence-corrected chi connectivity index (χ2v) is 3.66. The summed E-state index contributed by atoms with van der Waals surface area (Å²) in [6.07, 6.45) is 0. The van der Waals surface area contributed by atoms with E-state index in [4.69, 9.17) is 0 Å². The molecule has 0 bridgehead atoms. The van der Waals surface area contributed by atoms with E-state index in [0.29, 0.717) is 11.3 Å². The lowest BCUT2D eigenvalue weighted by Crippen LogP contribution is -2.49. The number of hydrogen-bond donors (Lipinski definition) is 3. The highest BCUT2D eigenvalue weighted by Gasteiger charge is 2.58. The Labute approximate surface area is 90.0 Å². The number of nitrogens with one attached hydrogen (secondary N) is 3. The minimum Gasteiger partial charge on any atom is -0.323 e. The molecule has 1 fully saturated rings. The standard InChI is InChI=1S/C10H7N3O3/c14-7-10(8(15)12-9(16)13-10)5-3-1-2-4-6(5)11-7/h1-4H,(H,11,14)(H2,12,13,15,16). The summed E-state index contributed by atoms with van der Waals surface area (Å²) >= 11 is 0. The van der Waals surface area contributed by atoms with E-state index in [1.54, 1.807) is 24.3 Å². The monoisotopic (exact) mass is 217 g/mol. The number of urea groups is 1. The van der Waals surface area contributed by atoms with Crippen LogP contribution in [0, 0.1) is 0 Å². The van der Waals surface area contributed by atoms with Gasteiger partial charge in [0.2, 0.25) is 5.54 Å². The van der Waals surface area contributed by atoms with Crippen molar-refractivity contribution < 1.29 is 14.4 Å². The Morgan fingerprint density at radius 3 is 2.31 bits per heavy atom. The van der Waals surface area contributed by atoms with Crippen molar-refractivity contribution in [3.8, 4) is 0 Å². The lowest BCUT2D eigenvalue weighted by atomic mass is 9.92. The maximum Gasteiger partial charge on any atom is 0.323 e. The molecule has 16 heavy (non-hydrogen) atoms. The molecule has 1 aromatic rings. The number of hydrogen-bond acceptors (Lipinski definition) is 3. The normalized spacial score (nSPS) is 26.4. The predicted molar refractivity (Wildman–Crippen MR) is 53.4 cm³/mol. The molecule has 0 radical (unpaired) electrons. The Morgan fingerprint density at radius 1 is 0.938 bits per heavy atom. The van der Waals surface area contributed by atoms with Crippen molar-refractivity contribution in [2.75, 3.05) is 5.32 Å². The van der Waals surface area contributed by atoms with Crippen LogP contribution in [0.2, 0.25) is 0 Å². The van der Waals surface area contributed by atoms with Crippen molar-refractivity contribution in [3.05, 3.63) is 29.8 Å². The van der Waals surface area contributed by atoms with Gasteiger partial charge < -0.3 is 10.6 Å². The summed E-state index contributed by atoms with van der Waals surface area (Å²) in [6, 6.07) is 6.11. The number of carbonyl (C=O) groups is 3. The van der Waals surface area contributed by atoms with Crippen molar-refractivity contribution >= 4 is 23.5 Å². The summed E-state index contributed by atoms with van der Waals surface area (Å²) in [7, 11) is 0. The van der Waals surface area contributed by atoms with Gasteiger partial charge in [-0.15, -0.1) is 0 Å². The Balaban J connectivity index is 2.25. The van der Waals surface area contributed by atoms with Crippen LogP contribution in [0.15, 0.2) is 24.3 Å². The van der Waals surface area contributed by atoms with Crippen LogP contribution in [0.4, 0.5) is 10.5 Å². The minimum absolute atomic E-state index is 0.475. The molecule has 0 aromatic heterocycles. The third-order valence-corrected chi connectivity index (χ3v) is 2.79. The molecule has 3 rings (SSSR count). The van der Waals surface area contributed by atoms with E-state index in [1.807, 2.05) is 0 Å². The second-order valence-electron chi connectivity index (χ2n) is 3.66. The van der Waals surface area contributed by atoms with Gasteiger partial charge in [-0.2, -0.15) is 0 Å². The quantitative estimate of drug-likeness (QED) is 0.411. The molecule has 1 spiro atoms. The van der Waals surface area contributed by atoms with Crippen LogP contribution in [-0.4, -0.2) is 17.8 Å². The molecule has 2 heterocycles. The summed E-state index contributed by atoms with van der Waals surface area (Å²) in [5, 5.41) is 7.01. The largest absolute Gasteiger partial charge is 0.323 e. The first-order valence-corrected chi connectivity index (χ1v) is 4.69. The Bertz CT molecular complexity index is 540. The molecule has 1 aromatic carbocycles. The Morgan fingerprint density at radius 2 is 1.62 bits per heavy atom. The van der Waals surface area contributed by atoms with Gasteiger partial charge in [0.1, 0.15) is 0 Å². The van der Waals surface area contributed by atoms with Gasteiger partial charge in [-0.1, -0.05) is 18.2 Å². The van der Waals surface area contributed by atoms with E-state index in [0.717, 1.165) is 0 Å². The first-order valence-electron chi connectivity index (χ1n) is 4.69. The fourth-order valence-electron chi connectivity index (χ4n) is 2.06. The summed E-state index contributed by atoms with van der Waals surface area (Å²) < 4.78 is 0. The van der Waals surface area contributed by atoms with Gasteiger partial charge in [0.15, 0.2) is 0 Å². The number of fused-ring (bicyclic) bond motifs is 2. The van der Waals surface area contributed by atoms with Crippen LogP contribution in [0.1, 0.15) is 5.56 Å². The van der Waals surface area contributed by atoms with Gasteiger partial charge in [0.05, 0.1) is 0 Å². The molecule has 1 atom stereocenters. The lowest BCUT2D eigenvalue weighted by Gasteiger charge is -2.16. The molecule has 0 saturated carbocycles. The third-order valence-electron chi connectivity index (χ3n) is 2.79. The van der Waals surface area contributed by atoms with Gasteiger partial charge in [-0.3, -0.25) is 14.9 Å². The van der Waals surface area contributed by atoms with Crippen LogP contribution < -0.4 is 16.0 Å². The average Bonchev–Trinajstić information content (AvgIpc) is 2.69. The smallest absolute Gasteiger partial charge is 0.323 e. The zero-order chi connectivity index (χ0) is 11.3. The number of para-hydroxylation sites is 1. The van der Waals surface area contributed by atoms with E-state index in [1.165, 1.54) is 0 Å². The first kappa shape index (κ1) is 8.90. The maximum absolute atomic E-state index is 11.8. The van der Waals surface area contributed by atoms with Crippen LogP contribution in [0.25, 0.3) is 0 Å². The number of amides is 4. The van der Waals surface area contributed by atoms with Crippen molar-refractivity contribution in [3.63, 3.8) is 0 Å².